The normalized spacial score (nSPS) is 11.5. The molecule has 8 heteroatoms. The van der Waals surface area contributed by atoms with Crippen LogP contribution in [0, 0.1) is 0 Å². The molecule has 0 unspecified atom stereocenters. The van der Waals surface area contributed by atoms with Gasteiger partial charge in [0.05, 0.1) is 28.4 Å². The Labute approximate surface area is 194 Å². The van der Waals surface area contributed by atoms with Crippen LogP contribution in [0.5, 0.6) is 0 Å². The lowest BCUT2D eigenvalue weighted by atomic mass is 10.1. The van der Waals surface area contributed by atoms with Crippen LogP contribution in [-0.2, 0) is 6.54 Å². The van der Waals surface area contributed by atoms with E-state index in [0.717, 1.165) is 68.9 Å². The van der Waals surface area contributed by atoms with Gasteiger partial charge in [0.1, 0.15) is 5.69 Å². The van der Waals surface area contributed by atoms with Crippen molar-refractivity contribution in [3.8, 4) is 33.2 Å². The SMILES string of the molecule is CCNCc1cncc(-c2cc3c(-c4nc5c(-c6cccs6)cccc5[nH]4)n[nH]c3cn2)c1. The molecular formula is C25H21N7S. The van der Waals surface area contributed by atoms with E-state index in [4.69, 9.17) is 4.98 Å². The number of benzene rings is 1. The van der Waals surface area contributed by atoms with Gasteiger partial charge >= 0.3 is 0 Å². The Morgan fingerprint density at radius 3 is 2.88 bits per heavy atom. The van der Waals surface area contributed by atoms with Gasteiger partial charge in [0.15, 0.2) is 5.82 Å². The number of imidazole rings is 1. The third kappa shape index (κ3) is 3.59. The van der Waals surface area contributed by atoms with Crippen molar-refractivity contribution in [1.29, 1.82) is 0 Å². The Morgan fingerprint density at radius 1 is 1.03 bits per heavy atom. The molecule has 7 nitrogen and oxygen atoms in total. The first kappa shape index (κ1) is 19.8. The average molecular weight is 452 g/mol. The predicted molar refractivity (Wildman–Crippen MR) is 133 cm³/mol. The number of aromatic nitrogens is 6. The second-order valence-electron chi connectivity index (χ2n) is 7.81. The smallest absolute Gasteiger partial charge is 0.159 e. The highest BCUT2D eigenvalue weighted by atomic mass is 32.1. The summed E-state index contributed by atoms with van der Waals surface area (Å²) >= 11 is 1.71. The maximum Gasteiger partial charge on any atom is 0.159 e. The Hall–Kier alpha value is -3.88. The van der Waals surface area contributed by atoms with Gasteiger partial charge in [-0.1, -0.05) is 25.1 Å². The molecule has 0 spiro atoms. The molecule has 0 aliphatic heterocycles. The van der Waals surface area contributed by atoms with Gasteiger partial charge in [-0.15, -0.1) is 11.3 Å². The second-order valence-corrected chi connectivity index (χ2v) is 8.76. The number of nitrogens with one attached hydrogen (secondary N) is 3. The monoisotopic (exact) mass is 451 g/mol. The molecule has 0 aliphatic carbocycles. The maximum absolute atomic E-state index is 4.94. The maximum atomic E-state index is 4.94. The summed E-state index contributed by atoms with van der Waals surface area (Å²) in [5, 5.41) is 14.0. The highest BCUT2D eigenvalue weighted by molar-refractivity contribution is 7.13. The molecule has 0 fully saturated rings. The molecule has 0 amide bonds. The zero-order chi connectivity index (χ0) is 22.2. The molecule has 0 saturated carbocycles. The summed E-state index contributed by atoms with van der Waals surface area (Å²) in [6.07, 6.45) is 5.54. The Morgan fingerprint density at radius 2 is 2.00 bits per heavy atom. The number of aromatic amines is 2. The van der Waals surface area contributed by atoms with Crippen LogP contribution in [0.1, 0.15) is 12.5 Å². The average Bonchev–Trinajstić information content (AvgIpc) is 3.61. The van der Waals surface area contributed by atoms with Crippen molar-refractivity contribution in [3.63, 3.8) is 0 Å². The minimum absolute atomic E-state index is 0.733. The first-order valence-electron chi connectivity index (χ1n) is 10.8. The summed E-state index contributed by atoms with van der Waals surface area (Å²) in [6, 6.07) is 14.6. The van der Waals surface area contributed by atoms with E-state index < -0.39 is 0 Å². The van der Waals surface area contributed by atoms with E-state index >= 15 is 0 Å². The van der Waals surface area contributed by atoms with E-state index in [2.05, 4.69) is 79.2 Å². The number of fused-ring (bicyclic) bond motifs is 2. The van der Waals surface area contributed by atoms with Gasteiger partial charge in [-0.25, -0.2) is 4.98 Å². The van der Waals surface area contributed by atoms with Crippen LogP contribution >= 0.6 is 11.3 Å². The molecule has 6 aromatic rings. The fourth-order valence-electron chi connectivity index (χ4n) is 4.02. The van der Waals surface area contributed by atoms with Crippen molar-refractivity contribution < 1.29 is 0 Å². The molecule has 162 valence electrons. The summed E-state index contributed by atoms with van der Waals surface area (Å²) in [4.78, 5) is 18.6. The molecular weight excluding hydrogens is 430 g/mol. The molecule has 1 aromatic carbocycles. The highest BCUT2D eigenvalue weighted by Crippen LogP contribution is 2.34. The summed E-state index contributed by atoms with van der Waals surface area (Å²) in [7, 11) is 0. The van der Waals surface area contributed by atoms with Crippen molar-refractivity contribution in [1.82, 2.24) is 35.5 Å². The standard InChI is InChI=1S/C25H21N7S/c1-2-26-11-15-9-16(13-27-12-15)20-10-18-21(14-28-20)31-32-24(18)25-29-19-6-3-5-17(23(19)30-25)22-7-4-8-33-22/h3-10,12-14,26H,2,11H2,1H3,(H,29,30)(H,31,32). The van der Waals surface area contributed by atoms with Crippen molar-refractivity contribution in [2.45, 2.75) is 13.5 Å². The van der Waals surface area contributed by atoms with E-state index in [1.165, 1.54) is 4.88 Å². The largest absolute Gasteiger partial charge is 0.337 e. The number of nitrogens with zero attached hydrogens (tertiary/aromatic N) is 4. The Kier molecular flexibility index (Phi) is 4.93. The number of H-pyrrole nitrogens is 2. The number of para-hydroxylation sites is 1. The zero-order valence-electron chi connectivity index (χ0n) is 18.0. The first-order chi connectivity index (χ1) is 16.3. The van der Waals surface area contributed by atoms with Crippen molar-refractivity contribution in [2.75, 3.05) is 6.54 Å². The first-order valence-corrected chi connectivity index (χ1v) is 11.7. The number of hydrogen-bond acceptors (Lipinski definition) is 6. The third-order valence-electron chi connectivity index (χ3n) is 5.64. The molecule has 0 bridgehead atoms. The predicted octanol–water partition coefficient (Wildman–Crippen LogP) is 5.40. The molecule has 5 heterocycles. The van der Waals surface area contributed by atoms with Crippen molar-refractivity contribution in [2.24, 2.45) is 0 Å². The number of pyridine rings is 2. The minimum atomic E-state index is 0.733. The van der Waals surface area contributed by atoms with Crippen molar-refractivity contribution in [3.05, 3.63) is 72.0 Å². The van der Waals surface area contributed by atoms with Gasteiger partial charge in [0, 0.05) is 40.3 Å². The van der Waals surface area contributed by atoms with Crippen LogP contribution in [0.25, 0.3) is 55.2 Å². The van der Waals surface area contributed by atoms with Crippen LogP contribution in [0.4, 0.5) is 0 Å². The molecule has 0 saturated heterocycles. The van der Waals surface area contributed by atoms with Crippen LogP contribution in [0.3, 0.4) is 0 Å². The summed E-state index contributed by atoms with van der Waals surface area (Å²) in [5.74, 6) is 0.733. The molecule has 0 aliphatic rings. The quantitative estimate of drug-likeness (QED) is 0.315. The van der Waals surface area contributed by atoms with Crippen LogP contribution in [0.15, 0.2) is 66.4 Å². The number of rotatable bonds is 6. The fraction of sp³-hybridized carbons (Fsp3) is 0.120. The van der Waals surface area contributed by atoms with E-state index in [1.54, 1.807) is 11.3 Å². The highest BCUT2D eigenvalue weighted by Gasteiger charge is 2.16. The summed E-state index contributed by atoms with van der Waals surface area (Å²) in [5.41, 5.74) is 7.65. The molecule has 33 heavy (non-hydrogen) atoms. The summed E-state index contributed by atoms with van der Waals surface area (Å²) in [6.45, 7) is 3.79. The van der Waals surface area contributed by atoms with Crippen LogP contribution in [0.2, 0.25) is 0 Å². The van der Waals surface area contributed by atoms with E-state index in [1.807, 2.05) is 24.7 Å². The third-order valence-corrected chi connectivity index (χ3v) is 6.54. The fourth-order valence-corrected chi connectivity index (χ4v) is 4.78. The Bertz CT molecular complexity index is 1560. The van der Waals surface area contributed by atoms with Crippen LogP contribution in [-0.4, -0.2) is 36.7 Å². The number of hydrogen-bond donors (Lipinski definition) is 3. The molecule has 0 atom stereocenters. The second kappa shape index (κ2) is 8.23. The molecule has 5 aromatic heterocycles. The van der Waals surface area contributed by atoms with E-state index in [-0.39, 0.29) is 0 Å². The van der Waals surface area contributed by atoms with Gasteiger partial charge in [0.25, 0.3) is 0 Å². The van der Waals surface area contributed by atoms with Gasteiger partial charge in [0.2, 0.25) is 0 Å². The van der Waals surface area contributed by atoms with Gasteiger partial charge in [-0.2, -0.15) is 5.10 Å². The lowest BCUT2D eigenvalue weighted by molar-refractivity contribution is 0.724. The lowest BCUT2D eigenvalue weighted by Crippen LogP contribution is -2.11. The topological polar surface area (TPSA) is 95.2 Å². The van der Waals surface area contributed by atoms with E-state index in [0.29, 0.717) is 0 Å². The lowest BCUT2D eigenvalue weighted by Gasteiger charge is -2.05. The van der Waals surface area contributed by atoms with Gasteiger partial charge in [-0.3, -0.25) is 15.1 Å². The number of thiophene rings is 1. The minimum Gasteiger partial charge on any atom is -0.337 e. The molecule has 0 radical (unpaired) electrons. The molecule has 6 rings (SSSR count). The van der Waals surface area contributed by atoms with Crippen LogP contribution < -0.4 is 5.32 Å². The van der Waals surface area contributed by atoms with Crippen molar-refractivity contribution >= 4 is 33.3 Å². The zero-order valence-corrected chi connectivity index (χ0v) is 18.8. The Balaban J connectivity index is 1.44. The van der Waals surface area contributed by atoms with E-state index in [9.17, 15) is 0 Å². The molecule has 3 N–H and O–H groups in total. The summed E-state index contributed by atoms with van der Waals surface area (Å²) < 4.78 is 0. The van der Waals surface area contributed by atoms with Gasteiger partial charge in [-0.05, 0) is 41.8 Å². The van der Waals surface area contributed by atoms with Gasteiger partial charge < -0.3 is 10.3 Å².